The zero-order chi connectivity index (χ0) is 14.5. The first-order chi connectivity index (χ1) is 8.85. The molecule has 0 fully saturated rings. The fraction of sp³-hybridized carbons (Fsp3) is 0.600. The maximum atomic E-state index is 11.4. The van der Waals surface area contributed by atoms with Gasteiger partial charge in [-0.3, -0.25) is 0 Å². The van der Waals surface area contributed by atoms with Gasteiger partial charge in [0.25, 0.3) is 0 Å². The molecule has 0 aliphatic heterocycles. The predicted molar refractivity (Wildman–Crippen MR) is 81.0 cm³/mol. The standard InChI is InChI=1S/C15H25NO2S/c1-4-19(17,18)11-5-6-15(16)14-9-7-13(8-10-14)12(2)3/h7-10,12,15H,4-6,11,16H2,1-3H3. The van der Waals surface area contributed by atoms with Crippen LogP contribution in [0.15, 0.2) is 24.3 Å². The fourth-order valence-electron chi connectivity index (χ4n) is 1.96. The summed E-state index contributed by atoms with van der Waals surface area (Å²) in [5.41, 5.74) is 8.47. The van der Waals surface area contributed by atoms with Crippen molar-refractivity contribution in [2.24, 2.45) is 5.73 Å². The number of sulfone groups is 1. The number of benzene rings is 1. The van der Waals surface area contributed by atoms with Gasteiger partial charge in [-0.05, 0) is 29.9 Å². The molecule has 0 aromatic heterocycles. The molecular formula is C15H25NO2S. The van der Waals surface area contributed by atoms with Gasteiger partial charge in [0.2, 0.25) is 0 Å². The smallest absolute Gasteiger partial charge is 0.150 e. The third kappa shape index (κ3) is 5.33. The van der Waals surface area contributed by atoms with E-state index in [4.69, 9.17) is 5.73 Å². The van der Waals surface area contributed by atoms with E-state index in [2.05, 4.69) is 26.0 Å². The van der Waals surface area contributed by atoms with Crippen LogP contribution < -0.4 is 5.73 Å². The van der Waals surface area contributed by atoms with Gasteiger partial charge >= 0.3 is 0 Å². The molecule has 0 bridgehead atoms. The second-order valence-electron chi connectivity index (χ2n) is 5.31. The molecule has 0 saturated carbocycles. The first-order valence-corrected chi connectivity index (χ1v) is 8.73. The van der Waals surface area contributed by atoms with E-state index in [0.717, 1.165) is 5.56 Å². The van der Waals surface area contributed by atoms with E-state index in [1.165, 1.54) is 5.56 Å². The summed E-state index contributed by atoms with van der Waals surface area (Å²) < 4.78 is 22.8. The molecule has 108 valence electrons. The van der Waals surface area contributed by atoms with E-state index >= 15 is 0 Å². The highest BCUT2D eigenvalue weighted by Crippen LogP contribution is 2.20. The maximum Gasteiger partial charge on any atom is 0.150 e. The average molecular weight is 283 g/mol. The molecule has 1 rings (SSSR count). The Bertz CT molecular complexity index is 477. The van der Waals surface area contributed by atoms with Crippen LogP contribution >= 0.6 is 0 Å². The Morgan fingerprint density at radius 3 is 2.11 bits per heavy atom. The van der Waals surface area contributed by atoms with Gasteiger partial charge < -0.3 is 5.73 Å². The lowest BCUT2D eigenvalue weighted by atomic mass is 9.98. The number of nitrogens with two attached hydrogens (primary N) is 1. The van der Waals surface area contributed by atoms with Crippen molar-refractivity contribution in [3.8, 4) is 0 Å². The van der Waals surface area contributed by atoms with Crippen LogP contribution in [0.5, 0.6) is 0 Å². The summed E-state index contributed by atoms with van der Waals surface area (Å²) in [5.74, 6) is 0.965. The Hall–Kier alpha value is -0.870. The second-order valence-corrected chi connectivity index (χ2v) is 7.78. The van der Waals surface area contributed by atoms with Crippen molar-refractivity contribution in [2.75, 3.05) is 11.5 Å². The van der Waals surface area contributed by atoms with E-state index < -0.39 is 9.84 Å². The number of hydrogen-bond acceptors (Lipinski definition) is 3. The van der Waals surface area contributed by atoms with Crippen LogP contribution in [0, 0.1) is 0 Å². The van der Waals surface area contributed by atoms with Crippen molar-refractivity contribution in [2.45, 2.75) is 45.6 Å². The van der Waals surface area contributed by atoms with E-state index in [1.807, 2.05) is 12.1 Å². The number of hydrogen-bond donors (Lipinski definition) is 1. The summed E-state index contributed by atoms with van der Waals surface area (Å²) in [5, 5.41) is 0. The lowest BCUT2D eigenvalue weighted by Gasteiger charge is -2.13. The topological polar surface area (TPSA) is 60.2 Å². The molecule has 3 nitrogen and oxygen atoms in total. The Labute approximate surface area is 117 Å². The minimum Gasteiger partial charge on any atom is -0.324 e. The quantitative estimate of drug-likeness (QED) is 0.836. The van der Waals surface area contributed by atoms with Gasteiger partial charge in [-0.2, -0.15) is 0 Å². The SMILES string of the molecule is CCS(=O)(=O)CCCC(N)c1ccc(C(C)C)cc1. The van der Waals surface area contributed by atoms with Crippen LogP contribution in [0.4, 0.5) is 0 Å². The maximum absolute atomic E-state index is 11.4. The number of rotatable bonds is 7. The molecule has 0 aliphatic carbocycles. The largest absolute Gasteiger partial charge is 0.324 e. The van der Waals surface area contributed by atoms with Gasteiger partial charge in [0.1, 0.15) is 9.84 Å². The Balaban J connectivity index is 2.52. The predicted octanol–water partition coefficient (Wildman–Crippen LogP) is 3.02. The molecule has 1 atom stereocenters. The highest BCUT2D eigenvalue weighted by atomic mass is 32.2. The van der Waals surface area contributed by atoms with E-state index in [0.29, 0.717) is 18.8 Å². The monoisotopic (exact) mass is 283 g/mol. The van der Waals surface area contributed by atoms with E-state index in [9.17, 15) is 8.42 Å². The molecule has 1 aromatic rings. The van der Waals surface area contributed by atoms with Gasteiger partial charge in [0.05, 0.1) is 5.75 Å². The van der Waals surface area contributed by atoms with Crippen molar-refractivity contribution in [3.05, 3.63) is 35.4 Å². The first-order valence-electron chi connectivity index (χ1n) is 6.91. The molecule has 0 heterocycles. The molecule has 0 saturated heterocycles. The minimum atomic E-state index is -2.87. The summed E-state index contributed by atoms with van der Waals surface area (Å²) in [6, 6.07) is 8.22. The Morgan fingerprint density at radius 1 is 1.11 bits per heavy atom. The van der Waals surface area contributed by atoms with Crippen LogP contribution in [-0.2, 0) is 9.84 Å². The van der Waals surface area contributed by atoms with E-state index in [1.54, 1.807) is 6.92 Å². The van der Waals surface area contributed by atoms with Gasteiger partial charge in [-0.1, -0.05) is 45.0 Å². The third-order valence-corrected chi connectivity index (χ3v) is 5.23. The summed E-state index contributed by atoms with van der Waals surface area (Å²) in [4.78, 5) is 0. The highest BCUT2D eigenvalue weighted by molar-refractivity contribution is 7.91. The zero-order valence-corrected chi connectivity index (χ0v) is 12.9. The van der Waals surface area contributed by atoms with Crippen LogP contribution in [0.2, 0.25) is 0 Å². The average Bonchev–Trinajstić information content (AvgIpc) is 2.38. The summed E-state index contributed by atoms with van der Waals surface area (Å²) in [6.45, 7) is 6.00. The summed E-state index contributed by atoms with van der Waals surface area (Å²) in [7, 11) is -2.87. The molecule has 0 aliphatic rings. The Kier molecular flexibility index (Phi) is 6.01. The van der Waals surface area contributed by atoms with Crippen LogP contribution in [-0.4, -0.2) is 19.9 Å². The lowest BCUT2D eigenvalue weighted by molar-refractivity contribution is 0.584. The molecule has 19 heavy (non-hydrogen) atoms. The normalized spacial score (nSPS) is 13.7. The minimum absolute atomic E-state index is 0.0757. The lowest BCUT2D eigenvalue weighted by Crippen LogP contribution is -2.14. The molecule has 0 radical (unpaired) electrons. The third-order valence-electron chi connectivity index (χ3n) is 3.44. The molecule has 0 spiro atoms. The van der Waals surface area contributed by atoms with Gasteiger partial charge in [-0.15, -0.1) is 0 Å². The van der Waals surface area contributed by atoms with Crippen molar-refractivity contribution < 1.29 is 8.42 Å². The van der Waals surface area contributed by atoms with Crippen LogP contribution in [0.1, 0.15) is 56.7 Å². The molecular weight excluding hydrogens is 258 g/mol. The second kappa shape index (κ2) is 7.06. The summed E-state index contributed by atoms with van der Waals surface area (Å²) >= 11 is 0. The molecule has 2 N–H and O–H groups in total. The van der Waals surface area contributed by atoms with Crippen LogP contribution in [0.25, 0.3) is 0 Å². The van der Waals surface area contributed by atoms with Gasteiger partial charge in [-0.25, -0.2) is 8.42 Å². The van der Waals surface area contributed by atoms with Crippen molar-refractivity contribution in [3.63, 3.8) is 0 Å². The van der Waals surface area contributed by atoms with Gasteiger partial charge in [0.15, 0.2) is 0 Å². The molecule has 1 aromatic carbocycles. The van der Waals surface area contributed by atoms with Crippen LogP contribution in [0.3, 0.4) is 0 Å². The summed E-state index contributed by atoms with van der Waals surface area (Å²) in [6.07, 6.45) is 1.34. The molecule has 4 heteroatoms. The van der Waals surface area contributed by atoms with Crippen molar-refractivity contribution >= 4 is 9.84 Å². The highest BCUT2D eigenvalue weighted by Gasteiger charge is 2.11. The first kappa shape index (κ1) is 16.2. The van der Waals surface area contributed by atoms with Crippen molar-refractivity contribution in [1.29, 1.82) is 0 Å². The van der Waals surface area contributed by atoms with Crippen molar-refractivity contribution in [1.82, 2.24) is 0 Å². The molecule has 0 amide bonds. The zero-order valence-electron chi connectivity index (χ0n) is 12.1. The Morgan fingerprint density at radius 2 is 1.63 bits per heavy atom. The van der Waals surface area contributed by atoms with E-state index in [-0.39, 0.29) is 17.5 Å². The fourth-order valence-corrected chi connectivity index (χ4v) is 2.86. The molecule has 1 unspecified atom stereocenters. The van der Waals surface area contributed by atoms with Gasteiger partial charge in [0, 0.05) is 11.8 Å².